The van der Waals surface area contributed by atoms with Gasteiger partial charge in [-0.05, 0) is 34.5 Å². The van der Waals surface area contributed by atoms with Crippen molar-refractivity contribution in [2.24, 2.45) is 0 Å². The molecule has 0 amide bonds. The Balaban J connectivity index is 2.55. The number of aryl methyl sites for hydroxylation is 1. The minimum atomic E-state index is -0.531. The minimum absolute atomic E-state index is 0.340. The van der Waals surface area contributed by atoms with E-state index in [0.717, 1.165) is 10.0 Å². The molecule has 5 heteroatoms. The van der Waals surface area contributed by atoms with Crippen LogP contribution in [0.5, 0.6) is 0 Å². The van der Waals surface area contributed by atoms with Crippen LogP contribution in [-0.2, 0) is 0 Å². The van der Waals surface area contributed by atoms with Gasteiger partial charge in [0.25, 0.3) is 0 Å². The Morgan fingerprint density at radius 3 is 2.86 bits per heavy atom. The van der Waals surface area contributed by atoms with Crippen molar-refractivity contribution in [3.8, 4) is 5.69 Å². The van der Waals surface area contributed by atoms with E-state index >= 15 is 0 Å². The molecule has 0 aliphatic rings. The molecule has 0 aliphatic carbocycles. The van der Waals surface area contributed by atoms with E-state index in [0.29, 0.717) is 5.69 Å². The lowest BCUT2D eigenvalue weighted by atomic mass is 10.4. The van der Waals surface area contributed by atoms with Gasteiger partial charge in [-0.25, -0.2) is 9.67 Å². The fourth-order valence-corrected chi connectivity index (χ4v) is 1.44. The largest absolute Gasteiger partial charge is 0.238 e. The molecule has 0 aromatic carbocycles. The van der Waals surface area contributed by atoms with E-state index in [2.05, 4.69) is 26.0 Å². The predicted molar refractivity (Wildman–Crippen MR) is 53.8 cm³/mol. The van der Waals surface area contributed by atoms with Crippen LogP contribution < -0.4 is 0 Å². The summed E-state index contributed by atoms with van der Waals surface area (Å²) in [5.41, 5.74) is 1.32. The maximum absolute atomic E-state index is 13.3. The SMILES string of the molecule is Cc1cnn(-c2cc(Br)cnc2F)c1. The molecule has 0 saturated heterocycles. The van der Waals surface area contributed by atoms with Crippen molar-refractivity contribution in [1.29, 1.82) is 0 Å². The topological polar surface area (TPSA) is 30.7 Å². The molecule has 2 heterocycles. The molecule has 3 nitrogen and oxygen atoms in total. The highest BCUT2D eigenvalue weighted by atomic mass is 79.9. The van der Waals surface area contributed by atoms with Crippen LogP contribution in [0.25, 0.3) is 5.69 Å². The normalized spacial score (nSPS) is 10.5. The summed E-state index contributed by atoms with van der Waals surface area (Å²) < 4.78 is 15.5. The Hall–Kier alpha value is -1.23. The van der Waals surface area contributed by atoms with Crippen LogP contribution >= 0.6 is 15.9 Å². The van der Waals surface area contributed by atoms with E-state index in [1.807, 2.05) is 6.92 Å². The maximum Gasteiger partial charge on any atom is 0.238 e. The standard InChI is InChI=1S/C9H7BrFN3/c1-6-3-13-14(5-6)8-2-7(10)4-12-9(8)11/h2-5H,1H3. The lowest BCUT2D eigenvalue weighted by Gasteiger charge is -2.01. The number of rotatable bonds is 1. The lowest BCUT2D eigenvalue weighted by molar-refractivity contribution is 0.568. The third-order valence-corrected chi connectivity index (χ3v) is 2.18. The van der Waals surface area contributed by atoms with Gasteiger partial charge in [0, 0.05) is 16.9 Å². The second-order valence-electron chi connectivity index (χ2n) is 2.93. The van der Waals surface area contributed by atoms with Crippen molar-refractivity contribution in [3.05, 3.63) is 40.6 Å². The van der Waals surface area contributed by atoms with Gasteiger partial charge in [0.2, 0.25) is 5.95 Å². The van der Waals surface area contributed by atoms with E-state index in [-0.39, 0.29) is 0 Å². The van der Waals surface area contributed by atoms with Crippen LogP contribution in [0.15, 0.2) is 29.1 Å². The lowest BCUT2D eigenvalue weighted by Crippen LogP contribution is -1.99. The van der Waals surface area contributed by atoms with Gasteiger partial charge in [-0.3, -0.25) is 0 Å². The molecule has 0 unspecified atom stereocenters. The highest BCUT2D eigenvalue weighted by Crippen LogP contribution is 2.16. The van der Waals surface area contributed by atoms with Gasteiger partial charge in [0.05, 0.1) is 6.20 Å². The van der Waals surface area contributed by atoms with Gasteiger partial charge in [-0.15, -0.1) is 0 Å². The van der Waals surface area contributed by atoms with Crippen LogP contribution in [0, 0.1) is 12.9 Å². The van der Waals surface area contributed by atoms with Crippen LogP contribution in [0.3, 0.4) is 0 Å². The molecular formula is C9H7BrFN3. The molecule has 0 N–H and O–H groups in total. The Morgan fingerprint density at radius 2 is 2.21 bits per heavy atom. The molecule has 0 saturated carbocycles. The Morgan fingerprint density at radius 1 is 1.43 bits per heavy atom. The molecule has 2 aromatic heterocycles. The first-order chi connectivity index (χ1) is 6.66. The van der Waals surface area contributed by atoms with E-state index in [4.69, 9.17) is 0 Å². The van der Waals surface area contributed by atoms with Crippen LogP contribution in [0.1, 0.15) is 5.56 Å². The number of halogens is 2. The zero-order chi connectivity index (χ0) is 10.1. The van der Waals surface area contributed by atoms with Crippen molar-refractivity contribution in [2.45, 2.75) is 6.92 Å². The van der Waals surface area contributed by atoms with Gasteiger partial charge in [0.1, 0.15) is 5.69 Å². The third kappa shape index (κ3) is 1.68. The second-order valence-corrected chi connectivity index (χ2v) is 3.84. The first-order valence-corrected chi connectivity index (χ1v) is 4.79. The van der Waals surface area contributed by atoms with Gasteiger partial charge < -0.3 is 0 Å². The van der Waals surface area contributed by atoms with Gasteiger partial charge in [-0.1, -0.05) is 0 Å². The van der Waals surface area contributed by atoms with Crippen LogP contribution in [0.4, 0.5) is 4.39 Å². The molecule has 0 radical (unpaired) electrons. The van der Waals surface area contributed by atoms with E-state index in [1.165, 1.54) is 10.9 Å². The van der Waals surface area contributed by atoms with Crippen molar-refractivity contribution >= 4 is 15.9 Å². The zero-order valence-corrected chi connectivity index (χ0v) is 8.99. The summed E-state index contributed by atoms with van der Waals surface area (Å²) in [6.45, 7) is 1.90. The van der Waals surface area contributed by atoms with Gasteiger partial charge in [0.15, 0.2) is 0 Å². The average Bonchev–Trinajstić information content (AvgIpc) is 2.56. The zero-order valence-electron chi connectivity index (χ0n) is 7.41. The number of hydrogen-bond donors (Lipinski definition) is 0. The predicted octanol–water partition coefficient (Wildman–Crippen LogP) is 2.48. The number of nitrogens with zero attached hydrogens (tertiary/aromatic N) is 3. The van der Waals surface area contributed by atoms with E-state index < -0.39 is 5.95 Å². The summed E-state index contributed by atoms with van der Waals surface area (Å²) in [7, 11) is 0. The van der Waals surface area contributed by atoms with E-state index in [1.54, 1.807) is 18.5 Å². The molecule has 0 bridgehead atoms. The molecule has 0 atom stereocenters. The third-order valence-electron chi connectivity index (χ3n) is 1.75. The first kappa shape index (κ1) is 9.33. The summed E-state index contributed by atoms with van der Waals surface area (Å²) >= 11 is 3.23. The summed E-state index contributed by atoms with van der Waals surface area (Å²) in [4.78, 5) is 3.59. The molecule has 72 valence electrons. The summed E-state index contributed by atoms with van der Waals surface area (Å²) in [6.07, 6.45) is 4.82. The van der Waals surface area contributed by atoms with Gasteiger partial charge >= 0.3 is 0 Å². The highest BCUT2D eigenvalue weighted by Gasteiger charge is 2.06. The van der Waals surface area contributed by atoms with Crippen molar-refractivity contribution in [3.63, 3.8) is 0 Å². The number of hydrogen-bond acceptors (Lipinski definition) is 2. The Kier molecular flexibility index (Phi) is 2.33. The Labute approximate surface area is 88.7 Å². The molecule has 0 aliphatic heterocycles. The quantitative estimate of drug-likeness (QED) is 0.734. The molecule has 0 spiro atoms. The summed E-state index contributed by atoms with van der Waals surface area (Å²) in [5, 5.41) is 4.00. The Bertz CT molecular complexity index is 467. The van der Waals surface area contributed by atoms with E-state index in [9.17, 15) is 4.39 Å². The fraction of sp³-hybridized carbons (Fsp3) is 0.111. The second kappa shape index (κ2) is 3.49. The summed E-state index contributed by atoms with van der Waals surface area (Å²) in [6, 6.07) is 1.63. The smallest absolute Gasteiger partial charge is 0.236 e. The number of aromatic nitrogens is 3. The molecule has 2 rings (SSSR count). The summed E-state index contributed by atoms with van der Waals surface area (Å²) in [5.74, 6) is -0.531. The van der Waals surface area contributed by atoms with Crippen LogP contribution in [-0.4, -0.2) is 14.8 Å². The molecule has 0 fully saturated rings. The first-order valence-electron chi connectivity index (χ1n) is 3.99. The average molecular weight is 256 g/mol. The van der Waals surface area contributed by atoms with Crippen molar-refractivity contribution < 1.29 is 4.39 Å². The molecular weight excluding hydrogens is 249 g/mol. The van der Waals surface area contributed by atoms with Crippen LogP contribution in [0.2, 0.25) is 0 Å². The van der Waals surface area contributed by atoms with Crippen molar-refractivity contribution in [1.82, 2.24) is 14.8 Å². The highest BCUT2D eigenvalue weighted by molar-refractivity contribution is 9.10. The van der Waals surface area contributed by atoms with Crippen molar-refractivity contribution in [2.75, 3.05) is 0 Å². The van der Waals surface area contributed by atoms with Gasteiger partial charge in [-0.2, -0.15) is 9.49 Å². The molecule has 14 heavy (non-hydrogen) atoms. The molecule has 2 aromatic rings. The maximum atomic E-state index is 13.3. The monoisotopic (exact) mass is 255 g/mol. The fourth-order valence-electron chi connectivity index (χ4n) is 1.12. The number of pyridine rings is 1. The minimum Gasteiger partial charge on any atom is -0.236 e.